The first kappa shape index (κ1) is 12.9. The van der Waals surface area contributed by atoms with Gasteiger partial charge in [0.2, 0.25) is 0 Å². The van der Waals surface area contributed by atoms with Gasteiger partial charge in [-0.2, -0.15) is 0 Å². The Hall–Kier alpha value is -1.17. The van der Waals surface area contributed by atoms with Crippen LogP contribution in [0.3, 0.4) is 0 Å². The quantitative estimate of drug-likeness (QED) is 0.683. The van der Waals surface area contributed by atoms with Crippen molar-refractivity contribution >= 4 is 27.7 Å². The van der Waals surface area contributed by atoms with Crippen LogP contribution in [0.5, 0.6) is 5.75 Å². The van der Waals surface area contributed by atoms with E-state index in [2.05, 4.69) is 20.7 Å². The maximum Gasteiger partial charge on any atom is 0.573 e. The van der Waals surface area contributed by atoms with E-state index in [1.165, 1.54) is 18.2 Å². The summed E-state index contributed by atoms with van der Waals surface area (Å²) in [6, 6.07) is 3.78. The second-order valence-electron chi connectivity index (χ2n) is 2.90. The largest absolute Gasteiger partial charge is 0.573 e. The molecule has 0 saturated heterocycles. The Morgan fingerprint density at radius 1 is 1.38 bits per heavy atom. The molecule has 0 unspecified atom stereocenters. The lowest BCUT2D eigenvalue weighted by atomic mass is 10.1. The predicted octanol–water partition coefficient (Wildman–Crippen LogP) is 3.58. The topological polar surface area (TPSA) is 35.2 Å². The first-order valence-corrected chi connectivity index (χ1v) is 5.42. The van der Waals surface area contributed by atoms with Crippen molar-refractivity contribution in [3.05, 3.63) is 29.8 Å². The number of ether oxygens (including phenoxy) is 1. The van der Waals surface area contributed by atoms with Crippen molar-refractivity contribution in [1.29, 1.82) is 0 Å². The van der Waals surface area contributed by atoms with E-state index >= 15 is 0 Å². The van der Waals surface area contributed by atoms with Gasteiger partial charge in [-0.25, -0.2) is 0 Å². The van der Waals surface area contributed by atoms with E-state index < -0.39 is 6.36 Å². The normalized spacial score (nSPS) is 12.0. The SMILES string of the molecule is Nc1ccc(OC(F)(F)F)cc1C=CCBr. The van der Waals surface area contributed by atoms with E-state index in [0.29, 0.717) is 16.6 Å². The highest BCUT2D eigenvalue weighted by atomic mass is 79.9. The van der Waals surface area contributed by atoms with Crippen molar-refractivity contribution in [3.8, 4) is 5.75 Å². The molecule has 0 spiro atoms. The fraction of sp³-hybridized carbons (Fsp3) is 0.200. The number of alkyl halides is 4. The minimum Gasteiger partial charge on any atom is -0.406 e. The van der Waals surface area contributed by atoms with Crippen LogP contribution in [0.4, 0.5) is 18.9 Å². The average molecular weight is 296 g/mol. The summed E-state index contributed by atoms with van der Waals surface area (Å²) in [5.74, 6) is -0.282. The molecule has 0 aliphatic heterocycles. The fourth-order valence-electron chi connectivity index (χ4n) is 1.07. The highest BCUT2D eigenvalue weighted by Gasteiger charge is 2.31. The van der Waals surface area contributed by atoms with E-state index in [1.54, 1.807) is 12.2 Å². The number of rotatable bonds is 3. The second kappa shape index (κ2) is 5.25. The average Bonchev–Trinajstić information content (AvgIpc) is 2.17. The number of hydrogen-bond acceptors (Lipinski definition) is 2. The van der Waals surface area contributed by atoms with Gasteiger partial charge in [0.1, 0.15) is 5.75 Å². The minimum absolute atomic E-state index is 0.282. The van der Waals surface area contributed by atoms with Crippen LogP contribution in [0.15, 0.2) is 24.3 Å². The maximum absolute atomic E-state index is 11.9. The van der Waals surface area contributed by atoms with E-state index in [4.69, 9.17) is 5.73 Å². The number of benzene rings is 1. The van der Waals surface area contributed by atoms with Gasteiger partial charge in [-0.1, -0.05) is 28.1 Å². The van der Waals surface area contributed by atoms with Gasteiger partial charge in [-0.3, -0.25) is 0 Å². The summed E-state index contributed by atoms with van der Waals surface area (Å²) in [6.45, 7) is 0. The van der Waals surface area contributed by atoms with Gasteiger partial charge in [0, 0.05) is 16.6 Å². The van der Waals surface area contributed by atoms with Crippen molar-refractivity contribution in [2.75, 3.05) is 11.1 Å². The first-order chi connectivity index (χ1) is 7.42. The summed E-state index contributed by atoms with van der Waals surface area (Å²) in [5, 5.41) is 0.594. The predicted molar refractivity (Wildman–Crippen MR) is 60.4 cm³/mol. The molecule has 0 bridgehead atoms. The summed E-state index contributed by atoms with van der Waals surface area (Å²) >= 11 is 3.16. The highest BCUT2D eigenvalue weighted by Crippen LogP contribution is 2.26. The summed E-state index contributed by atoms with van der Waals surface area (Å²) in [4.78, 5) is 0. The van der Waals surface area contributed by atoms with E-state index in [0.717, 1.165) is 0 Å². The zero-order valence-electron chi connectivity index (χ0n) is 8.09. The van der Waals surface area contributed by atoms with Crippen LogP contribution >= 0.6 is 15.9 Å². The van der Waals surface area contributed by atoms with Crippen molar-refractivity contribution < 1.29 is 17.9 Å². The molecule has 1 aromatic carbocycles. The third-order valence-corrected chi connectivity index (χ3v) is 2.05. The van der Waals surface area contributed by atoms with Crippen molar-refractivity contribution in [1.82, 2.24) is 0 Å². The Morgan fingerprint density at radius 3 is 2.62 bits per heavy atom. The molecular weight excluding hydrogens is 287 g/mol. The fourth-order valence-corrected chi connectivity index (χ4v) is 1.25. The Morgan fingerprint density at radius 2 is 2.06 bits per heavy atom. The molecule has 1 aromatic rings. The molecule has 16 heavy (non-hydrogen) atoms. The Labute approximate surface area is 99.0 Å². The standard InChI is InChI=1S/C10H9BrF3NO/c11-5-1-2-7-6-8(3-4-9(7)15)16-10(12,13)14/h1-4,6H,5,15H2. The molecule has 6 heteroatoms. The Balaban J connectivity index is 2.94. The van der Waals surface area contributed by atoms with Gasteiger partial charge in [0.15, 0.2) is 0 Å². The van der Waals surface area contributed by atoms with E-state index in [9.17, 15) is 13.2 Å². The van der Waals surface area contributed by atoms with Crippen molar-refractivity contribution in [2.45, 2.75) is 6.36 Å². The Kier molecular flexibility index (Phi) is 4.23. The minimum atomic E-state index is -4.69. The number of nitrogen functional groups attached to an aromatic ring is 1. The monoisotopic (exact) mass is 295 g/mol. The van der Waals surface area contributed by atoms with Gasteiger partial charge in [-0.15, -0.1) is 13.2 Å². The molecule has 1 rings (SSSR count). The molecule has 0 fully saturated rings. The Bertz CT molecular complexity index is 390. The van der Waals surface area contributed by atoms with Gasteiger partial charge < -0.3 is 10.5 Å². The lowest BCUT2D eigenvalue weighted by Crippen LogP contribution is -2.17. The van der Waals surface area contributed by atoms with Crippen LogP contribution in [0.2, 0.25) is 0 Å². The van der Waals surface area contributed by atoms with Crippen LogP contribution in [0, 0.1) is 0 Å². The summed E-state index contributed by atoms with van der Waals surface area (Å²) < 4.78 is 39.6. The third-order valence-electron chi connectivity index (χ3n) is 1.68. The highest BCUT2D eigenvalue weighted by molar-refractivity contribution is 9.09. The van der Waals surface area contributed by atoms with Crippen LogP contribution in [0.25, 0.3) is 6.08 Å². The molecule has 0 amide bonds. The molecular formula is C10H9BrF3NO. The molecule has 0 aliphatic rings. The molecule has 0 atom stereocenters. The molecule has 0 aliphatic carbocycles. The molecule has 0 radical (unpaired) electrons. The third kappa shape index (κ3) is 4.14. The summed E-state index contributed by atoms with van der Waals surface area (Å²) in [5.41, 5.74) is 6.47. The van der Waals surface area contributed by atoms with Gasteiger partial charge in [0.05, 0.1) is 0 Å². The van der Waals surface area contributed by atoms with Gasteiger partial charge >= 0.3 is 6.36 Å². The molecule has 88 valence electrons. The lowest BCUT2D eigenvalue weighted by molar-refractivity contribution is -0.274. The number of halogens is 4. The number of anilines is 1. The summed E-state index contributed by atoms with van der Waals surface area (Å²) in [6.07, 6.45) is -1.34. The van der Waals surface area contributed by atoms with Gasteiger partial charge in [0.25, 0.3) is 0 Å². The van der Waals surface area contributed by atoms with Crippen LogP contribution < -0.4 is 10.5 Å². The molecule has 0 saturated carbocycles. The summed E-state index contributed by atoms with van der Waals surface area (Å²) in [7, 11) is 0. The lowest BCUT2D eigenvalue weighted by Gasteiger charge is -2.10. The van der Waals surface area contributed by atoms with E-state index in [-0.39, 0.29) is 5.75 Å². The smallest absolute Gasteiger partial charge is 0.406 e. The first-order valence-electron chi connectivity index (χ1n) is 4.30. The molecule has 2 N–H and O–H groups in total. The maximum atomic E-state index is 11.9. The zero-order chi connectivity index (χ0) is 12.2. The van der Waals surface area contributed by atoms with Crippen molar-refractivity contribution in [3.63, 3.8) is 0 Å². The molecule has 2 nitrogen and oxygen atoms in total. The van der Waals surface area contributed by atoms with Crippen molar-refractivity contribution in [2.24, 2.45) is 0 Å². The molecule has 0 aromatic heterocycles. The second-order valence-corrected chi connectivity index (χ2v) is 3.54. The van der Waals surface area contributed by atoms with Crippen LogP contribution in [0.1, 0.15) is 5.56 Å². The zero-order valence-corrected chi connectivity index (χ0v) is 9.68. The van der Waals surface area contributed by atoms with E-state index in [1.807, 2.05) is 0 Å². The number of nitrogens with two attached hydrogens (primary N) is 1. The molecule has 0 heterocycles. The van der Waals surface area contributed by atoms with Crippen LogP contribution in [-0.2, 0) is 0 Å². The van der Waals surface area contributed by atoms with Gasteiger partial charge in [-0.05, 0) is 18.2 Å². The number of hydrogen-bond donors (Lipinski definition) is 1. The number of allylic oxidation sites excluding steroid dienone is 1. The van der Waals surface area contributed by atoms with Crippen LogP contribution in [-0.4, -0.2) is 11.7 Å².